The standard InChI is InChI=1S/C9H14N5O4PS/c1-5(18-4-19(15,16)17)2-14-3-11-6-7(14)12-9(10)13-8(6)20/h3,5H,2,4H2,1H3,(H2,15,16,17)(H3,10,12,13,20). The molecule has 0 aromatic carbocycles. The fraction of sp³-hybridized carbons (Fsp3) is 0.444. The second kappa shape index (κ2) is 5.58. The van der Waals surface area contributed by atoms with Crippen molar-refractivity contribution in [2.45, 2.75) is 19.6 Å². The van der Waals surface area contributed by atoms with Crippen molar-refractivity contribution in [2.75, 3.05) is 12.1 Å². The average Bonchev–Trinajstić information content (AvgIpc) is 2.69. The predicted molar refractivity (Wildman–Crippen MR) is 74.6 cm³/mol. The highest BCUT2D eigenvalue weighted by Crippen LogP contribution is 2.34. The number of nitrogen functional groups attached to an aromatic ring is 1. The number of rotatable bonds is 5. The average molecular weight is 319 g/mol. The van der Waals surface area contributed by atoms with Crippen molar-refractivity contribution >= 4 is 36.9 Å². The van der Waals surface area contributed by atoms with Gasteiger partial charge in [0.1, 0.15) is 16.5 Å². The van der Waals surface area contributed by atoms with Crippen LogP contribution in [0.2, 0.25) is 0 Å². The second-order valence-electron chi connectivity index (χ2n) is 4.29. The molecule has 0 radical (unpaired) electrons. The van der Waals surface area contributed by atoms with Gasteiger partial charge in [-0.1, -0.05) is 12.2 Å². The number of H-pyrrole nitrogens is 1. The number of ether oxygens (including phenoxy) is 1. The molecular formula is C9H14N5O4PS. The van der Waals surface area contributed by atoms with Crippen LogP contribution in [0.15, 0.2) is 6.33 Å². The molecule has 0 bridgehead atoms. The van der Waals surface area contributed by atoms with Crippen molar-refractivity contribution in [2.24, 2.45) is 0 Å². The third-order valence-corrected chi connectivity index (χ3v) is 3.25. The number of imidazole rings is 1. The summed E-state index contributed by atoms with van der Waals surface area (Å²) in [7, 11) is -4.18. The lowest BCUT2D eigenvalue weighted by molar-refractivity contribution is 0.0764. The Hall–Kier alpha value is -1.32. The molecule has 0 spiro atoms. The molecule has 0 saturated heterocycles. The highest BCUT2D eigenvalue weighted by atomic mass is 32.1. The summed E-state index contributed by atoms with van der Waals surface area (Å²) >= 11 is 5.08. The topological polar surface area (TPSA) is 139 Å². The summed E-state index contributed by atoms with van der Waals surface area (Å²) in [5.41, 5.74) is 6.60. The molecule has 11 heteroatoms. The Morgan fingerprint density at radius 2 is 2.35 bits per heavy atom. The van der Waals surface area contributed by atoms with E-state index in [0.717, 1.165) is 0 Å². The summed E-state index contributed by atoms with van der Waals surface area (Å²) in [5, 5.41) is 0. The summed E-state index contributed by atoms with van der Waals surface area (Å²) in [6.07, 6.45) is 0.468. The Kier molecular flexibility index (Phi) is 4.21. The van der Waals surface area contributed by atoms with Crippen LogP contribution in [0.4, 0.5) is 5.95 Å². The van der Waals surface area contributed by atoms with E-state index in [1.807, 2.05) is 0 Å². The molecule has 2 aromatic rings. The molecule has 0 aliphatic heterocycles. The molecule has 0 aliphatic carbocycles. The molecule has 5 N–H and O–H groups in total. The molecule has 0 fully saturated rings. The van der Waals surface area contributed by atoms with Crippen LogP contribution < -0.4 is 5.73 Å². The summed E-state index contributed by atoms with van der Waals surface area (Å²) in [6.45, 7) is 2.01. The number of aromatic amines is 1. The number of anilines is 1. The molecule has 2 heterocycles. The van der Waals surface area contributed by atoms with Gasteiger partial charge in [-0.3, -0.25) is 4.57 Å². The Morgan fingerprint density at radius 3 is 3.00 bits per heavy atom. The van der Waals surface area contributed by atoms with Gasteiger partial charge < -0.3 is 29.8 Å². The minimum absolute atomic E-state index is 0.174. The van der Waals surface area contributed by atoms with Crippen molar-refractivity contribution in [1.29, 1.82) is 0 Å². The summed E-state index contributed by atoms with van der Waals surface area (Å²) < 4.78 is 17.9. The van der Waals surface area contributed by atoms with Gasteiger partial charge in [0.25, 0.3) is 0 Å². The SMILES string of the molecule is CC(Cn1cnc2c(=S)[nH]c(N)nc21)OCP(=O)(O)O. The third-order valence-electron chi connectivity index (χ3n) is 2.47. The summed E-state index contributed by atoms with van der Waals surface area (Å²) in [4.78, 5) is 28.4. The lowest BCUT2D eigenvalue weighted by Gasteiger charge is -2.14. The Bertz CT molecular complexity index is 723. The van der Waals surface area contributed by atoms with Crippen LogP contribution in [0.5, 0.6) is 0 Å². The molecule has 2 rings (SSSR count). The molecule has 1 atom stereocenters. The van der Waals surface area contributed by atoms with Crippen LogP contribution in [0.3, 0.4) is 0 Å². The van der Waals surface area contributed by atoms with Crippen molar-refractivity contribution in [1.82, 2.24) is 19.5 Å². The van der Waals surface area contributed by atoms with Gasteiger partial charge in [-0.2, -0.15) is 4.98 Å². The lowest BCUT2D eigenvalue weighted by Crippen LogP contribution is -2.17. The van der Waals surface area contributed by atoms with Crippen LogP contribution >= 0.6 is 19.8 Å². The van der Waals surface area contributed by atoms with Gasteiger partial charge in [0.2, 0.25) is 5.95 Å². The van der Waals surface area contributed by atoms with Gasteiger partial charge in [-0.15, -0.1) is 0 Å². The smallest absolute Gasteiger partial charge is 0.350 e. The van der Waals surface area contributed by atoms with E-state index in [0.29, 0.717) is 22.3 Å². The normalized spacial score (nSPS) is 13.8. The lowest BCUT2D eigenvalue weighted by atomic mass is 10.4. The first-order valence-corrected chi connectivity index (χ1v) is 7.83. The molecule has 20 heavy (non-hydrogen) atoms. The molecule has 110 valence electrons. The Balaban J connectivity index is 2.18. The van der Waals surface area contributed by atoms with E-state index in [1.54, 1.807) is 11.5 Å². The summed E-state index contributed by atoms with van der Waals surface area (Å²) in [6, 6.07) is 0. The zero-order chi connectivity index (χ0) is 14.9. The number of nitrogens with one attached hydrogen (secondary N) is 1. The van der Waals surface area contributed by atoms with Gasteiger partial charge in [-0.05, 0) is 6.92 Å². The number of hydrogen-bond donors (Lipinski definition) is 4. The van der Waals surface area contributed by atoms with Gasteiger partial charge in [-0.25, -0.2) is 4.98 Å². The first kappa shape index (κ1) is 15.1. The van der Waals surface area contributed by atoms with Crippen LogP contribution in [-0.2, 0) is 15.8 Å². The first-order chi connectivity index (χ1) is 9.26. The number of nitrogens with two attached hydrogens (primary N) is 1. The van der Waals surface area contributed by atoms with Crippen molar-refractivity contribution in [3.63, 3.8) is 0 Å². The van der Waals surface area contributed by atoms with Gasteiger partial charge in [0.15, 0.2) is 5.65 Å². The maximum absolute atomic E-state index is 10.7. The maximum Gasteiger partial charge on any atom is 0.350 e. The fourth-order valence-corrected chi connectivity index (χ4v) is 2.36. The molecule has 1 unspecified atom stereocenters. The van der Waals surface area contributed by atoms with Crippen LogP contribution in [-0.4, -0.2) is 41.8 Å². The van der Waals surface area contributed by atoms with Crippen molar-refractivity contribution in [3.05, 3.63) is 11.0 Å². The minimum Gasteiger partial charge on any atom is -0.369 e. The van der Waals surface area contributed by atoms with E-state index in [2.05, 4.69) is 15.0 Å². The van der Waals surface area contributed by atoms with E-state index in [4.69, 9.17) is 32.5 Å². The number of hydrogen-bond acceptors (Lipinski definition) is 6. The molecule has 0 amide bonds. The largest absolute Gasteiger partial charge is 0.369 e. The zero-order valence-corrected chi connectivity index (χ0v) is 12.3. The molecule has 0 saturated carbocycles. The number of nitrogens with zero attached hydrogens (tertiary/aromatic N) is 3. The monoisotopic (exact) mass is 319 g/mol. The first-order valence-electron chi connectivity index (χ1n) is 5.63. The number of aromatic nitrogens is 4. The molecule has 9 nitrogen and oxygen atoms in total. The maximum atomic E-state index is 10.7. The molecule has 0 aliphatic rings. The van der Waals surface area contributed by atoms with E-state index in [9.17, 15) is 4.57 Å². The number of fused-ring (bicyclic) bond motifs is 1. The van der Waals surface area contributed by atoms with Gasteiger partial charge >= 0.3 is 7.60 Å². The quantitative estimate of drug-likeness (QED) is 0.464. The van der Waals surface area contributed by atoms with E-state index < -0.39 is 20.0 Å². The van der Waals surface area contributed by atoms with E-state index >= 15 is 0 Å². The van der Waals surface area contributed by atoms with Crippen LogP contribution in [0.1, 0.15) is 6.92 Å². The molecular weight excluding hydrogens is 305 g/mol. The Morgan fingerprint density at radius 1 is 1.65 bits per heavy atom. The van der Waals surface area contributed by atoms with Crippen LogP contribution in [0.25, 0.3) is 11.2 Å². The van der Waals surface area contributed by atoms with Crippen LogP contribution in [0, 0.1) is 4.64 Å². The molecule has 2 aromatic heterocycles. The highest BCUT2D eigenvalue weighted by molar-refractivity contribution is 7.71. The zero-order valence-electron chi connectivity index (χ0n) is 10.6. The van der Waals surface area contributed by atoms with Crippen molar-refractivity contribution in [3.8, 4) is 0 Å². The van der Waals surface area contributed by atoms with Crippen molar-refractivity contribution < 1.29 is 19.1 Å². The highest BCUT2D eigenvalue weighted by Gasteiger charge is 2.16. The summed E-state index contributed by atoms with van der Waals surface area (Å²) in [5.74, 6) is 0.174. The Labute approximate surface area is 119 Å². The fourth-order valence-electron chi connectivity index (χ4n) is 1.66. The van der Waals surface area contributed by atoms with Gasteiger partial charge in [0, 0.05) is 0 Å². The third kappa shape index (κ3) is 3.62. The van der Waals surface area contributed by atoms with Gasteiger partial charge in [0.05, 0.1) is 19.0 Å². The minimum atomic E-state index is -4.18. The second-order valence-corrected chi connectivity index (χ2v) is 6.29. The predicted octanol–water partition coefficient (Wildman–Crippen LogP) is 0.611. The van der Waals surface area contributed by atoms with E-state index in [-0.39, 0.29) is 5.95 Å². The van der Waals surface area contributed by atoms with E-state index in [1.165, 1.54) is 6.33 Å².